The Kier molecular flexibility index (Phi) is 7.72. The fourth-order valence-electron chi connectivity index (χ4n) is 0.342. The Bertz CT molecular complexity index is 212. The van der Waals surface area contributed by atoms with Gasteiger partial charge in [0.2, 0.25) is 0 Å². The molecule has 0 amide bonds. The third kappa shape index (κ3) is 7.20. The maximum absolute atomic E-state index is 4.81. The van der Waals surface area contributed by atoms with Crippen molar-refractivity contribution in [1.82, 2.24) is 0 Å². The van der Waals surface area contributed by atoms with Gasteiger partial charge in [-0.3, -0.25) is 0 Å². The van der Waals surface area contributed by atoms with E-state index in [1.54, 1.807) is 6.08 Å². The number of hydrogen-bond donors (Lipinski definition) is 0. The van der Waals surface area contributed by atoms with Gasteiger partial charge in [0.05, 0.1) is 0 Å². The van der Waals surface area contributed by atoms with Crippen LogP contribution in [0.1, 0.15) is 13.8 Å². The van der Waals surface area contributed by atoms with Crippen LogP contribution in [0.3, 0.4) is 0 Å². The van der Waals surface area contributed by atoms with E-state index in [9.17, 15) is 0 Å². The highest BCUT2D eigenvalue weighted by Crippen LogP contribution is 2.23. The van der Waals surface area contributed by atoms with Crippen molar-refractivity contribution < 1.29 is 4.74 Å². The number of rotatable bonds is 1. The third-order valence-corrected chi connectivity index (χ3v) is 1.14. The van der Waals surface area contributed by atoms with E-state index < -0.39 is 0 Å². The molecular weight excluding hydrogens is 172 g/mol. The zero-order chi connectivity index (χ0) is 8.85. The molecule has 0 aromatic rings. The van der Waals surface area contributed by atoms with Crippen molar-refractivity contribution in [2.45, 2.75) is 20.0 Å². The molecule has 0 aliphatic carbocycles. The van der Waals surface area contributed by atoms with Gasteiger partial charge in [-0.2, -0.15) is 0 Å². The van der Waals surface area contributed by atoms with Gasteiger partial charge < -0.3 is 4.74 Å². The second-order valence-corrected chi connectivity index (χ2v) is 2.35. The minimum Gasteiger partial charge on any atom is -0.474 e. The zero-order valence-electron chi connectivity index (χ0n) is 7.59. The monoisotopic (exact) mass is 186 g/mol. The average molecular weight is 187 g/mol. The van der Waals surface area contributed by atoms with Crippen molar-refractivity contribution in [2.24, 2.45) is 0 Å². The van der Waals surface area contributed by atoms with Crippen LogP contribution in [0.5, 0.6) is 0 Å². The average Bonchev–Trinajstić information content (AvgIpc) is 2.67. The molecule has 0 aromatic heterocycles. The molecule has 2 heteroatoms. The van der Waals surface area contributed by atoms with Gasteiger partial charge in [-0.05, 0) is 13.8 Å². The van der Waals surface area contributed by atoms with Crippen LogP contribution in [0.25, 0.3) is 0 Å². The van der Waals surface area contributed by atoms with E-state index in [0.29, 0.717) is 6.10 Å². The first kappa shape index (κ1) is 13.7. The van der Waals surface area contributed by atoms with E-state index in [0.717, 1.165) is 11.3 Å². The lowest BCUT2D eigenvalue weighted by Crippen LogP contribution is -1.59. The van der Waals surface area contributed by atoms with Crippen LogP contribution in [0.4, 0.5) is 0 Å². The summed E-state index contributed by atoms with van der Waals surface area (Å²) in [5.41, 5.74) is 3.65. The summed E-state index contributed by atoms with van der Waals surface area (Å²) >= 11 is 0. The highest BCUT2D eigenvalue weighted by molar-refractivity contribution is 5.85. The Balaban J connectivity index is 0. The number of epoxide rings is 1. The Hall–Kier alpha value is -0.910. The minimum absolute atomic E-state index is 0. The maximum atomic E-state index is 4.81. The first-order chi connectivity index (χ1) is 5.11. The van der Waals surface area contributed by atoms with E-state index >= 15 is 0 Å². The first-order valence-electron chi connectivity index (χ1n) is 3.46. The van der Waals surface area contributed by atoms with Gasteiger partial charge >= 0.3 is 0 Å². The molecule has 1 aliphatic heterocycles. The lowest BCUT2D eigenvalue weighted by atomic mass is 10.4. The normalized spacial score (nSPS) is 16.8. The molecule has 1 unspecified atom stereocenters. The van der Waals surface area contributed by atoms with Crippen molar-refractivity contribution in [3.05, 3.63) is 42.9 Å². The lowest BCUT2D eigenvalue weighted by Gasteiger charge is -1.71. The van der Waals surface area contributed by atoms with Crippen molar-refractivity contribution >= 4 is 12.4 Å². The van der Waals surface area contributed by atoms with Crippen LogP contribution < -0.4 is 0 Å². The number of ether oxygens (including phenoxy) is 1. The smallest absolute Gasteiger partial charge is 0.179 e. The van der Waals surface area contributed by atoms with Crippen molar-refractivity contribution in [2.75, 3.05) is 0 Å². The summed E-state index contributed by atoms with van der Waals surface area (Å²) in [5, 5.41) is 0. The van der Waals surface area contributed by atoms with Gasteiger partial charge in [-0.25, -0.2) is 0 Å². The molecule has 0 saturated carbocycles. The first-order valence-corrected chi connectivity index (χ1v) is 3.46. The van der Waals surface area contributed by atoms with Crippen LogP contribution in [0, 0.1) is 0 Å². The molecule has 1 fully saturated rings. The minimum atomic E-state index is 0. The molecule has 1 heterocycles. The number of hydrogen-bond acceptors (Lipinski definition) is 1. The van der Waals surface area contributed by atoms with Crippen molar-refractivity contribution in [1.29, 1.82) is 0 Å². The Morgan fingerprint density at radius 3 is 2.00 bits per heavy atom. The van der Waals surface area contributed by atoms with E-state index in [1.165, 1.54) is 0 Å². The molecule has 1 rings (SSSR count). The van der Waals surface area contributed by atoms with Gasteiger partial charge in [0.25, 0.3) is 0 Å². The summed E-state index contributed by atoms with van der Waals surface area (Å²) in [6.45, 7) is 14.3. The summed E-state index contributed by atoms with van der Waals surface area (Å²) in [7, 11) is 0. The van der Waals surface area contributed by atoms with E-state index in [1.807, 2.05) is 13.8 Å². The molecule has 68 valence electrons. The van der Waals surface area contributed by atoms with Crippen molar-refractivity contribution in [3.63, 3.8) is 0 Å². The van der Waals surface area contributed by atoms with Gasteiger partial charge in [-0.1, -0.05) is 37.1 Å². The number of allylic oxidation sites excluding steroid dienone is 2. The molecule has 0 aromatic carbocycles. The molecule has 0 bridgehead atoms. The Labute approximate surface area is 80.5 Å². The van der Waals surface area contributed by atoms with E-state index in [2.05, 4.69) is 25.5 Å². The highest BCUT2D eigenvalue weighted by Gasteiger charge is 2.25. The van der Waals surface area contributed by atoms with Gasteiger partial charge in [0.1, 0.15) is 0 Å². The maximum Gasteiger partial charge on any atom is 0.179 e. The molecule has 0 N–H and O–H groups in total. The quantitative estimate of drug-likeness (QED) is 0.348. The largest absolute Gasteiger partial charge is 0.474 e. The molecule has 1 aliphatic rings. The van der Waals surface area contributed by atoms with E-state index in [4.69, 9.17) is 4.74 Å². The molecule has 0 radical (unpaired) electrons. The SMILES string of the molecule is C=C=C1OC1C.C=CC(=C)C.Cl. The summed E-state index contributed by atoms with van der Waals surface area (Å²) in [4.78, 5) is 0. The molecular formula is C10H15ClO. The fraction of sp³-hybridized carbons (Fsp3) is 0.300. The molecule has 1 saturated heterocycles. The van der Waals surface area contributed by atoms with Crippen LogP contribution in [0.15, 0.2) is 42.9 Å². The van der Waals surface area contributed by atoms with E-state index in [-0.39, 0.29) is 12.4 Å². The molecule has 12 heavy (non-hydrogen) atoms. The summed E-state index contributed by atoms with van der Waals surface area (Å²) < 4.78 is 4.81. The predicted octanol–water partition coefficient (Wildman–Crippen LogP) is 3.24. The predicted molar refractivity (Wildman–Crippen MR) is 55.5 cm³/mol. The standard InChI is InChI=1S/C5H6O.C5H8.ClH/c1-3-5-4(2)6-5;1-4-5(2)3;/h4H,1H2,2H3;4H,1-2H2,3H3;1H. The molecule has 0 spiro atoms. The third-order valence-electron chi connectivity index (χ3n) is 1.14. The second kappa shape index (κ2) is 6.78. The zero-order valence-corrected chi connectivity index (χ0v) is 8.41. The second-order valence-electron chi connectivity index (χ2n) is 2.35. The lowest BCUT2D eigenvalue weighted by molar-refractivity contribution is 0.445. The van der Waals surface area contributed by atoms with Crippen LogP contribution in [0.2, 0.25) is 0 Å². The topological polar surface area (TPSA) is 12.5 Å². The Morgan fingerprint density at radius 1 is 1.67 bits per heavy atom. The fourth-order valence-corrected chi connectivity index (χ4v) is 0.342. The number of halogens is 1. The van der Waals surface area contributed by atoms with Gasteiger partial charge in [-0.15, -0.1) is 12.4 Å². The molecule has 1 atom stereocenters. The van der Waals surface area contributed by atoms with Crippen LogP contribution in [-0.4, -0.2) is 6.10 Å². The van der Waals surface area contributed by atoms with Gasteiger partial charge in [0, 0.05) is 0 Å². The van der Waals surface area contributed by atoms with Gasteiger partial charge in [0.15, 0.2) is 11.9 Å². The molecule has 1 nitrogen and oxygen atoms in total. The van der Waals surface area contributed by atoms with Crippen LogP contribution in [-0.2, 0) is 4.74 Å². The summed E-state index contributed by atoms with van der Waals surface area (Å²) in [6, 6.07) is 0. The summed E-state index contributed by atoms with van der Waals surface area (Å²) in [6.07, 6.45) is 2.03. The Morgan fingerprint density at radius 2 is 2.00 bits per heavy atom. The summed E-state index contributed by atoms with van der Waals surface area (Å²) in [5.74, 6) is 0.898. The van der Waals surface area contributed by atoms with Crippen LogP contribution >= 0.6 is 12.4 Å². The van der Waals surface area contributed by atoms with Crippen molar-refractivity contribution in [3.8, 4) is 0 Å². The highest BCUT2D eigenvalue weighted by atomic mass is 35.5.